The average molecular weight is 258 g/mol. The highest BCUT2D eigenvalue weighted by Gasteiger charge is 2.32. The predicted molar refractivity (Wildman–Crippen MR) is 55.8 cm³/mol. The molecule has 1 aromatic rings. The van der Waals surface area contributed by atoms with E-state index >= 15 is 0 Å². The maximum atomic E-state index is 12.4. The van der Waals surface area contributed by atoms with Gasteiger partial charge in [0.05, 0.1) is 21.3 Å². The normalized spacial score (nSPS) is 11.7. The summed E-state index contributed by atoms with van der Waals surface area (Å²) in [6, 6.07) is 1.78. The van der Waals surface area contributed by atoms with E-state index in [1.54, 1.807) is 14.1 Å². The van der Waals surface area contributed by atoms with Crippen LogP contribution in [0.4, 0.5) is 18.9 Å². The van der Waals surface area contributed by atoms with Crippen molar-refractivity contribution >= 4 is 28.9 Å². The van der Waals surface area contributed by atoms with Gasteiger partial charge in [0.25, 0.3) is 0 Å². The second kappa shape index (κ2) is 4.10. The Balaban J connectivity index is 3.36. The molecule has 15 heavy (non-hydrogen) atoms. The minimum atomic E-state index is -4.42. The zero-order valence-electron chi connectivity index (χ0n) is 7.99. The molecule has 0 aliphatic rings. The van der Waals surface area contributed by atoms with Crippen LogP contribution in [0.1, 0.15) is 5.56 Å². The Hall–Kier alpha value is -0.610. The van der Waals surface area contributed by atoms with Gasteiger partial charge in [-0.1, -0.05) is 23.2 Å². The van der Waals surface area contributed by atoms with Crippen molar-refractivity contribution in [3.8, 4) is 0 Å². The van der Waals surface area contributed by atoms with Gasteiger partial charge in [0.1, 0.15) is 0 Å². The molecule has 0 aliphatic heterocycles. The van der Waals surface area contributed by atoms with Gasteiger partial charge in [-0.05, 0) is 12.1 Å². The molecule has 0 bridgehead atoms. The SMILES string of the molecule is CN(C)c1cc(C(F)(F)F)cc(Cl)c1Cl. The average Bonchev–Trinajstić information content (AvgIpc) is 2.06. The summed E-state index contributed by atoms with van der Waals surface area (Å²) in [5.74, 6) is 0. The first-order valence-electron chi connectivity index (χ1n) is 3.97. The topological polar surface area (TPSA) is 3.24 Å². The highest BCUT2D eigenvalue weighted by atomic mass is 35.5. The van der Waals surface area contributed by atoms with Gasteiger partial charge in [0.2, 0.25) is 0 Å². The first kappa shape index (κ1) is 12.5. The van der Waals surface area contributed by atoms with Crippen LogP contribution >= 0.6 is 23.2 Å². The molecule has 0 amide bonds. The molecule has 84 valence electrons. The van der Waals surface area contributed by atoms with Gasteiger partial charge in [0.15, 0.2) is 0 Å². The minimum absolute atomic E-state index is 0.102. The standard InChI is InChI=1S/C9H8Cl2F3N/c1-15(2)7-4-5(9(12,13)14)3-6(10)8(7)11/h3-4H,1-2H3. The fourth-order valence-corrected chi connectivity index (χ4v) is 1.56. The van der Waals surface area contributed by atoms with E-state index in [9.17, 15) is 13.2 Å². The molecule has 1 rings (SSSR count). The van der Waals surface area contributed by atoms with Crippen molar-refractivity contribution in [1.29, 1.82) is 0 Å². The Labute approximate surface area is 95.4 Å². The molecular weight excluding hydrogens is 250 g/mol. The molecular formula is C9H8Cl2F3N. The predicted octanol–water partition coefficient (Wildman–Crippen LogP) is 4.08. The number of alkyl halides is 3. The molecule has 0 saturated carbocycles. The molecule has 0 aromatic heterocycles. The Bertz CT molecular complexity index is 374. The minimum Gasteiger partial charge on any atom is -0.376 e. The lowest BCUT2D eigenvalue weighted by atomic mass is 10.2. The largest absolute Gasteiger partial charge is 0.416 e. The van der Waals surface area contributed by atoms with Gasteiger partial charge in [-0.2, -0.15) is 13.2 Å². The third kappa shape index (κ3) is 2.69. The van der Waals surface area contributed by atoms with E-state index < -0.39 is 11.7 Å². The fraction of sp³-hybridized carbons (Fsp3) is 0.333. The lowest BCUT2D eigenvalue weighted by molar-refractivity contribution is -0.137. The number of nitrogens with zero attached hydrogens (tertiary/aromatic N) is 1. The van der Waals surface area contributed by atoms with Crippen LogP contribution in [-0.4, -0.2) is 14.1 Å². The summed E-state index contributed by atoms with van der Waals surface area (Å²) < 4.78 is 37.3. The second-order valence-electron chi connectivity index (χ2n) is 3.18. The fourth-order valence-electron chi connectivity index (χ4n) is 1.06. The van der Waals surface area contributed by atoms with Crippen LogP contribution in [0.2, 0.25) is 10.0 Å². The smallest absolute Gasteiger partial charge is 0.376 e. The van der Waals surface area contributed by atoms with Crippen molar-refractivity contribution in [3.63, 3.8) is 0 Å². The van der Waals surface area contributed by atoms with Gasteiger partial charge in [-0.15, -0.1) is 0 Å². The van der Waals surface area contributed by atoms with E-state index in [4.69, 9.17) is 23.2 Å². The van der Waals surface area contributed by atoms with E-state index in [0.717, 1.165) is 12.1 Å². The summed E-state index contributed by atoms with van der Waals surface area (Å²) in [4.78, 5) is 1.48. The molecule has 0 heterocycles. The first-order chi connectivity index (χ1) is 6.73. The summed E-state index contributed by atoms with van der Waals surface area (Å²) in [6.45, 7) is 0. The molecule has 0 radical (unpaired) electrons. The molecule has 0 unspecified atom stereocenters. The number of halogens is 5. The lowest BCUT2D eigenvalue weighted by Gasteiger charge is -2.17. The highest BCUT2D eigenvalue weighted by Crippen LogP contribution is 2.39. The summed E-state index contributed by atoms with van der Waals surface area (Å²) in [5, 5.41) is 0.0184. The van der Waals surface area contributed by atoms with Crippen molar-refractivity contribution in [2.75, 3.05) is 19.0 Å². The maximum Gasteiger partial charge on any atom is 0.416 e. The van der Waals surface area contributed by atoms with Gasteiger partial charge < -0.3 is 4.90 Å². The summed E-state index contributed by atoms with van der Waals surface area (Å²) >= 11 is 11.4. The van der Waals surface area contributed by atoms with Crippen LogP contribution in [0.5, 0.6) is 0 Å². The molecule has 1 nitrogen and oxygen atoms in total. The molecule has 0 atom stereocenters. The van der Waals surface area contributed by atoms with Gasteiger partial charge in [-0.3, -0.25) is 0 Å². The van der Waals surface area contributed by atoms with Crippen molar-refractivity contribution in [2.24, 2.45) is 0 Å². The summed E-state index contributed by atoms with van der Waals surface area (Å²) in [5.41, 5.74) is -0.558. The third-order valence-electron chi connectivity index (χ3n) is 1.82. The number of benzene rings is 1. The molecule has 0 saturated heterocycles. The number of hydrogen-bond acceptors (Lipinski definition) is 1. The Kier molecular flexibility index (Phi) is 3.41. The Morgan fingerprint density at radius 1 is 1.13 bits per heavy atom. The molecule has 0 aliphatic carbocycles. The van der Waals surface area contributed by atoms with E-state index in [2.05, 4.69) is 0 Å². The molecule has 0 N–H and O–H groups in total. The second-order valence-corrected chi connectivity index (χ2v) is 3.97. The van der Waals surface area contributed by atoms with Gasteiger partial charge >= 0.3 is 6.18 Å². The van der Waals surface area contributed by atoms with Crippen LogP contribution in [0, 0.1) is 0 Å². The van der Waals surface area contributed by atoms with E-state index in [1.807, 2.05) is 0 Å². The number of hydrogen-bond donors (Lipinski definition) is 0. The quantitative estimate of drug-likeness (QED) is 0.733. The van der Waals surface area contributed by atoms with E-state index in [0.29, 0.717) is 0 Å². The van der Waals surface area contributed by atoms with Crippen molar-refractivity contribution in [3.05, 3.63) is 27.7 Å². The maximum absolute atomic E-state index is 12.4. The highest BCUT2D eigenvalue weighted by molar-refractivity contribution is 6.43. The monoisotopic (exact) mass is 257 g/mol. The molecule has 0 spiro atoms. The van der Waals surface area contributed by atoms with Crippen LogP contribution in [-0.2, 0) is 6.18 Å². The molecule has 0 fully saturated rings. The zero-order chi connectivity index (χ0) is 11.8. The summed E-state index contributed by atoms with van der Waals surface area (Å²) in [7, 11) is 3.19. The van der Waals surface area contributed by atoms with Crippen LogP contribution in [0.3, 0.4) is 0 Å². The van der Waals surface area contributed by atoms with Crippen molar-refractivity contribution in [2.45, 2.75) is 6.18 Å². The number of rotatable bonds is 1. The first-order valence-corrected chi connectivity index (χ1v) is 4.72. The third-order valence-corrected chi connectivity index (χ3v) is 2.61. The summed E-state index contributed by atoms with van der Waals surface area (Å²) in [6.07, 6.45) is -4.42. The van der Waals surface area contributed by atoms with Crippen molar-refractivity contribution in [1.82, 2.24) is 0 Å². The van der Waals surface area contributed by atoms with Gasteiger partial charge in [0, 0.05) is 14.1 Å². The van der Waals surface area contributed by atoms with Crippen LogP contribution in [0.25, 0.3) is 0 Å². The van der Waals surface area contributed by atoms with E-state index in [-0.39, 0.29) is 15.7 Å². The number of anilines is 1. The van der Waals surface area contributed by atoms with E-state index in [1.165, 1.54) is 4.90 Å². The van der Waals surface area contributed by atoms with Crippen LogP contribution < -0.4 is 4.90 Å². The Morgan fingerprint density at radius 3 is 2.07 bits per heavy atom. The molecule has 1 aromatic carbocycles. The Morgan fingerprint density at radius 2 is 1.67 bits per heavy atom. The van der Waals surface area contributed by atoms with Gasteiger partial charge in [-0.25, -0.2) is 0 Å². The van der Waals surface area contributed by atoms with Crippen molar-refractivity contribution < 1.29 is 13.2 Å². The lowest BCUT2D eigenvalue weighted by Crippen LogP contribution is -2.12. The zero-order valence-corrected chi connectivity index (χ0v) is 9.50. The molecule has 6 heteroatoms. The van der Waals surface area contributed by atoms with Crippen LogP contribution in [0.15, 0.2) is 12.1 Å².